The lowest BCUT2D eigenvalue weighted by Crippen LogP contribution is -2.44. The van der Waals surface area contributed by atoms with Gasteiger partial charge in [-0.15, -0.1) is 5.98 Å². The minimum absolute atomic E-state index is 0.00386. The molecule has 0 aliphatic heterocycles. The lowest BCUT2D eigenvalue weighted by atomic mass is 10.1. The van der Waals surface area contributed by atoms with E-state index in [-0.39, 0.29) is 17.4 Å². The summed E-state index contributed by atoms with van der Waals surface area (Å²) < 4.78 is 49.9. The molecule has 0 heterocycles. The third-order valence-electron chi connectivity index (χ3n) is 4.15. The zero-order valence-corrected chi connectivity index (χ0v) is 15.8. The number of ether oxygens (including phenoxy) is 1. The summed E-state index contributed by atoms with van der Waals surface area (Å²) in [4.78, 5) is 0. The highest BCUT2D eigenvalue weighted by Crippen LogP contribution is 2.37. The molecule has 0 saturated carbocycles. The van der Waals surface area contributed by atoms with Crippen LogP contribution in [-0.4, -0.2) is 28.9 Å². The first kappa shape index (κ1) is 20.8. The van der Waals surface area contributed by atoms with Crippen molar-refractivity contribution in [2.45, 2.75) is 51.2 Å². The highest BCUT2D eigenvalue weighted by molar-refractivity contribution is 6.74. The SMILES string of the molecule is [B]/C=C/[C@H](COc1cccc(C(F)(F)F)c1)O[Si](C)(C)C(C)(C)C. The minimum Gasteiger partial charge on any atom is -0.491 e. The van der Waals surface area contributed by atoms with Crippen molar-refractivity contribution < 1.29 is 22.3 Å². The molecule has 0 fully saturated rings. The molecular weight excluding hydrogens is 332 g/mol. The maximum atomic E-state index is 12.7. The molecule has 1 aromatic rings. The van der Waals surface area contributed by atoms with E-state index in [0.29, 0.717) is 0 Å². The fourth-order valence-electron chi connectivity index (χ4n) is 1.75. The van der Waals surface area contributed by atoms with Crippen molar-refractivity contribution in [3.05, 3.63) is 41.9 Å². The van der Waals surface area contributed by atoms with E-state index in [1.165, 1.54) is 18.1 Å². The van der Waals surface area contributed by atoms with Gasteiger partial charge in [0.05, 0.1) is 11.7 Å². The van der Waals surface area contributed by atoms with E-state index < -0.39 is 26.2 Å². The van der Waals surface area contributed by atoms with Gasteiger partial charge in [0.25, 0.3) is 0 Å². The molecule has 24 heavy (non-hydrogen) atoms. The van der Waals surface area contributed by atoms with Crippen LogP contribution in [0, 0.1) is 0 Å². The number of hydrogen-bond donors (Lipinski definition) is 0. The van der Waals surface area contributed by atoms with Crippen LogP contribution in [0.25, 0.3) is 0 Å². The molecule has 1 aromatic carbocycles. The second-order valence-corrected chi connectivity index (χ2v) is 11.9. The predicted molar refractivity (Wildman–Crippen MR) is 93.9 cm³/mol. The maximum Gasteiger partial charge on any atom is 0.416 e. The lowest BCUT2D eigenvalue weighted by molar-refractivity contribution is -0.137. The highest BCUT2D eigenvalue weighted by atomic mass is 28.4. The van der Waals surface area contributed by atoms with Gasteiger partial charge in [0.2, 0.25) is 0 Å². The highest BCUT2D eigenvalue weighted by Gasteiger charge is 2.39. The second kappa shape index (κ2) is 7.78. The third kappa shape index (κ3) is 6.02. The van der Waals surface area contributed by atoms with E-state index in [4.69, 9.17) is 17.0 Å². The van der Waals surface area contributed by atoms with Crippen LogP contribution in [0.2, 0.25) is 18.1 Å². The third-order valence-corrected chi connectivity index (χ3v) is 8.66. The van der Waals surface area contributed by atoms with Crippen LogP contribution in [-0.2, 0) is 10.6 Å². The molecule has 2 nitrogen and oxygen atoms in total. The first-order chi connectivity index (χ1) is 10.9. The Bertz CT molecular complexity index is 566. The molecule has 0 unspecified atom stereocenters. The van der Waals surface area contributed by atoms with Gasteiger partial charge in [-0.1, -0.05) is 32.9 Å². The van der Waals surface area contributed by atoms with Crippen molar-refractivity contribution in [3.8, 4) is 5.75 Å². The van der Waals surface area contributed by atoms with Crippen LogP contribution >= 0.6 is 0 Å². The number of benzene rings is 1. The quantitative estimate of drug-likeness (QED) is 0.656. The van der Waals surface area contributed by atoms with Crippen molar-refractivity contribution in [1.82, 2.24) is 0 Å². The number of alkyl halides is 3. The Morgan fingerprint density at radius 3 is 2.33 bits per heavy atom. The first-order valence-electron chi connectivity index (χ1n) is 7.73. The molecule has 2 radical (unpaired) electrons. The summed E-state index contributed by atoms with van der Waals surface area (Å²) in [6.45, 7) is 10.6. The molecular formula is C17H24BF3O2Si. The minimum atomic E-state index is -4.40. The van der Waals surface area contributed by atoms with E-state index >= 15 is 0 Å². The summed E-state index contributed by atoms with van der Waals surface area (Å²) in [6, 6.07) is 4.80. The molecule has 0 aromatic heterocycles. The normalized spacial score (nSPS) is 14.8. The second-order valence-electron chi connectivity index (χ2n) is 7.14. The summed E-state index contributed by atoms with van der Waals surface area (Å²) in [7, 11) is 3.41. The van der Waals surface area contributed by atoms with Crippen molar-refractivity contribution in [2.75, 3.05) is 6.61 Å². The molecule has 0 aliphatic rings. The zero-order chi connectivity index (χ0) is 18.6. The molecule has 1 atom stereocenters. The summed E-state index contributed by atoms with van der Waals surface area (Å²) in [5, 5.41) is 0.00386. The van der Waals surface area contributed by atoms with E-state index in [1.54, 1.807) is 6.08 Å². The first-order valence-corrected chi connectivity index (χ1v) is 10.6. The molecule has 0 saturated heterocycles. The van der Waals surface area contributed by atoms with Crippen LogP contribution < -0.4 is 4.74 Å². The molecule has 0 amide bonds. The van der Waals surface area contributed by atoms with Gasteiger partial charge in [-0.25, -0.2) is 0 Å². The largest absolute Gasteiger partial charge is 0.491 e. The van der Waals surface area contributed by atoms with Gasteiger partial charge in [0, 0.05) is 0 Å². The predicted octanol–water partition coefficient (Wildman–Crippen LogP) is 5.16. The van der Waals surface area contributed by atoms with Gasteiger partial charge < -0.3 is 9.16 Å². The monoisotopic (exact) mass is 356 g/mol. The topological polar surface area (TPSA) is 18.5 Å². The smallest absolute Gasteiger partial charge is 0.416 e. The fraction of sp³-hybridized carbons (Fsp3) is 0.529. The Kier molecular flexibility index (Phi) is 6.76. The molecule has 0 N–H and O–H groups in total. The Balaban J connectivity index is 2.81. The van der Waals surface area contributed by atoms with Crippen LogP contribution in [0.3, 0.4) is 0 Å². The molecule has 0 bridgehead atoms. The summed E-state index contributed by atoms with van der Waals surface area (Å²) in [6.07, 6.45) is -3.15. The number of halogens is 3. The Labute approximate surface area is 144 Å². The van der Waals surface area contributed by atoms with Gasteiger partial charge in [-0.3, -0.25) is 0 Å². The van der Waals surface area contributed by atoms with Gasteiger partial charge in [0.15, 0.2) is 8.32 Å². The van der Waals surface area contributed by atoms with Crippen molar-refractivity contribution in [3.63, 3.8) is 0 Å². The van der Waals surface area contributed by atoms with Crippen LogP contribution in [0.1, 0.15) is 26.3 Å². The van der Waals surface area contributed by atoms with E-state index in [2.05, 4.69) is 33.9 Å². The summed E-state index contributed by atoms with van der Waals surface area (Å²) in [5.74, 6) is 1.52. The molecule has 7 heteroatoms. The fourth-order valence-corrected chi connectivity index (χ4v) is 3.01. The Morgan fingerprint density at radius 1 is 1.21 bits per heavy atom. The van der Waals surface area contributed by atoms with E-state index in [9.17, 15) is 13.2 Å². The van der Waals surface area contributed by atoms with Crippen LogP contribution in [0.4, 0.5) is 13.2 Å². The van der Waals surface area contributed by atoms with Crippen molar-refractivity contribution >= 4 is 16.2 Å². The van der Waals surface area contributed by atoms with Crippen LogP contribution in [0.15, 0.2) is 36.3 Å². The average molecular weight is 356 g/mol. The number of hydrogen-bond acceptors (Lipinski definition) is 2. The summed E-state index contributed by atoms with van der Waals surface area (Å²) >= 11 is 0. The Hall–Kier alpha value is -1.21. The van der Waals surface area contributed by atoms with Gasteiger partial charge in [-0.2, -0.15) is 13.2 Å². The molecule has 132 valence electrons. The van der Waals surface area contributed by atoms with Crippen LogP contribution in [0.5, 0.6) is 5.75 Å². The van der Waals surface area contributed by atoms with Crippen molar-refractivity contribution in [1.29, 1.82) is 0 Å². The Morgan fingerprint density at radius 2 is 1.83 bits per heavy atom. The van der Waals surface area contributed by atoms with Crippen molar-refractivity contribution in [2.24, 2.45) is 0 Å². The molecule has 0 aliphatic carbocycles. The standard InChI is InChI=1S/C17H24BF3O2Si/c1-16(2,3)24(4,5)23-15(9-10-18)12-22-14-8-6-7-13(11-14)17(19,20)21/h6-11,15H,12H2,1-5H3/b10-9+/t15-/m1/s1. The summed E-state index contributed by atoms with van der Waals surface area (Å²) in [5.41, 5.74) is -0.740. The average Bonchev–Trinajstić information content (AvgIpc) is 2.43. The van der Waals surface area contributed by atoms with Gasteiger partial charge >= 0.3 is 6.18 Å². The maximum absolute atomic E-state index is 12.7. The zero-order valence-electron chi connectivity index (χ0n) is 14.8. The molecule has 0 spiro atoms. The number of rotatable bonds is 6. The van der Waals surface area contributed by atoms with Gasteiger partial charge in [-0.05, 0) is 36.3 Å². The lowest BCUT2D eigenvalue weighted by Gasteiger charge is -2.38. The van der Waals surface area contributed by atoms with E-state index in [0.717, 1.165) is 12.1 Å². The van der Waals surface area contributed by atoms with Gasteiger partial charge in [0.1, 0.15) is 20.2 Å². The van der Waals surface area contributed by atoms with E-state index in [1.807, 2.05) is 0 Å². The molecule has 1 rings (SSSR count).